The third kappa shape index (κ3) is 3.74. The molecule has 0 bridgehead atoms. The van der Waals surface area contributed by atoms with E-state index in [9.17, 15) is 9.59 Å². The third-order valence-corrected chi connectivity index (χ3v) is 3.68. The van der Waals surface area contributed by atoms with E-state index in [1.54, 1.807) is 6.92 Å². The standard InChI is InChI=1S/C16H21NO2/c1-12-9-17(10-14-6-4-3-5-7-14)11-15(16(12)19)8-13(2)18/h3-7,12,15H,8-11H2,1-2H3. The highest BCUT2D eigenvalue weighted by molar-refractivity contribution is 5.89. The molecule has 1 heterocycles. The maximum atomic E-state index is 12.1. The number of nitrogens with zero attached hydrogens (tertiary/aromatic N) is 1. The number of ketones is 2. The molecule has 1 aromatic carbocycles. The summed E-state index contributed by atoms with van der Waals surface area (Å²) in [5, 5.41) is 0. The average molecular weight is 259 g/mol. The van der Waals surface area contributed by atoms with Gasteiger partial charge in [-0.1, -0.05) is 37.3 Å². The fraction of sp³-hybridized carbons (Fsp3) is 0.500. The van der Waals surface area contributed by atoms with E-state index in [2.05, 4.69) is 17.0 Å². The lowest BCUT2D eigenvalue weighted by atomic mass is 9.85. The number of benzene rings is 1. The Balaban J connectivity index is 2.02. The zero-order chi connectivity index (χ0) is 13.8. The monoisotopic (exact) mass is 259 g/mol. The number of Topliss-reactive ketones (excluding diaryl/α,β-unsaturated/α-hetero) is 2. The van der Waals surface area contributed by atoms with Crippen LogP contribution in [0.5, 0.6) is 0 Å². The number of rotatable bonds is 4. The lowest BCUT2D eigenvalue weighted by Crippen LogP contribution is -2.45. The van der Waals surface area contributed by atoms with Gasteiger partial charge in [-0.2, -0.15) is 0 Å². The van der Waals surface area contributed by atoms with Gasteiger partial charge < -0.3 is 4.79 Å². The minimum atomic E-state index is -0.120. The first kappa shape index (κ1) is 13.9. The summed E-state index contributed by atoms with van der Waals surface area (Å²) in [5.74, 6) is 0.262. The van der Waals surface area contributed by atoms with Crippen molar-refractivity contribution in [2.75, 3.05) is 13.1 Å². The van der Waals surface area contributed by atoms with Crippen molar-refractivity contribution in [1.82, 2.24) is 4.90 Å². The van der Waals surface area contributed by atoms with Crippen LogP contribution in [-0.4, -0.2) is 29.6 Å². The molecule has 1 aliphatic rings. The van der Waals surface area contributed by atoms with Crippen molar-refractivity contribution in [3.05, 3.63) is 35.9 Å². The van der Waals surface area contributed by atoms with Gasteiger partial charge in [-0.25, -0.2) is 0 Å². The second-order valence-electron chi connectivity index (χ2n) is 5.59. The van der Waals surface area contributed by atoms with Gasteiger partial charge in [0.05, 0.1) is 0 Å². The minimum Gasteiger partial charge on any atom is -0.300 e. The molecule has 0 spiro atoms. The molecule has 3 nitrogen and oxygen atoms in total. The van der Waals surface area contributed by atoms with Gasteiger partial charge in [0.2, 0.25) is 0 Å². The molecule has 2 unspecified atom stereocenters. The first-order valence-electron chi connectivity index (χ1n) is 6.85. The topological polar surface area (TPSA) is 37.4 Å². The number of piperidine rings is 1. The first-order chi connectivity index (χ1) is 9.06. The van der Waals surface area contributed by atoms with Crippen LogP contribution in [0.3, 0.4) is 0 Å². The smallest absolute Gasteiger partial charge is 0.141 e. The Labute approximate surface area is 114 Å². The van der Waals surface area contributed by atoms with E-state index in [1.807, 2.05) is 25.1 Å². The lowest BCUT2D eigenvalue weighted by molar-refractivity contribution is -0.134. The molecule has 2 rings (SSSR count). The lowest BCUT2D eigenvalue weighted by Gasteiger charge is -2.35. The fourth-order valence-electron chi connectivity index (χ4n) is 2.84. The van der Waals surface area contributed by atoms with Gasteiger partial charge >= 0.3 is 0 Å². The number of carbonyl (C=O) groups is 2. The summed E-state index contributed by atoms with van der Waals surface area (Å²) in [6.45, 7) is 5.88. The second kappa shape index (κ2) is 6.11. The molecule has 1 saturated heterocycles. The Hall–Kier alpha value is -1.48. The number of hydrogen-bond acceptors (Lipinski definition) is 3. The molecule has 0 aliphatic carbocycles. The van der Waals surface area contributed by atoms with Crippen LogP contribution in [-0.2, 0) is 16.1 Å². The molecular formula is C16H21NO2. The van der Waals surface area contributed by atoms with Crippen molar-refractivity contribution >= 4 is 11.6 Å². The molecule has 0 amide bonds. The molecule has 3 heteroatoms. The highest BCUT2D eigenvalue weighted by atomic mass is 16.1. The van der Waals surface area contributed by atoms with Crippen molar-refractivity contribution in [3.8, 4) is 0 Å². The zero-order valence-electron chi connectivity index (χ0n) is 11.6. The van der Waals surface area contributed by atoms with Crippen LogP contribution in [0.25, 0.3) is 0 Å². The Morgan fingerprint density at radius 2 is 1.95 bits per heavy atom. The van der Waals surface area contributed by atoms with Crippen LogP contribution in [0.1, 0.15) is 25.8 Å². The first-order valence-corrected chi connectivity index (χ1v) is 6.85. The van der Waals surface area contributed by atoms with Crippen LogP contribution < -0.4 is 0 Å². The van der Waals surface area contributed by atoms with Crippen LogP contribution >= 0.6 is 0 Å². The number of likely N-dealkylation sites (tertiary alicyclic amines) is 1. The molecular weight excluding hydrogens is 238 g/mol. The highest BCUT2D eigenvalue weighted by Crippen LogP contribution is 2.22. The van der Waals surface area contributed by atoms with Gasteiger partial charge in [0.15, 0.2) is 0 Å². The summed E-state index contributed by atoms with van der Waals surface area (Å²) in [6.07, 6.45) is 0.383. The number of hydrogen-bond donors (Lipinski definition) is 0. The summed E-state index contributed by atoms with van der Waals surface area (Å²) in [6, 6.07) is 10.3. The molecule has 2 atom stereocenters. The van der Waals surface area contributed by atoms with Gasteiger partial charge in [0.1, 0.15) is 11.6 Å². The maximum Gasteiger partial charge on any atom is 0.141 e. The molecule has 0 radical (unpaired) electrons. The Morgan fingerprint density at radius 3 is 2.58 bits per heavy atom. The number of carbonyl (C=O) groups excluding carboxylic acids is 2. The van der Waals surface area contributed by atoms with E-state index in [-0.39, 0.29) is 23.4 Å². The Kier molecular flexibility index (Phi) is 4.48. The van der Waals surface area contributed by atoms with Crippen molar-refractivity contribution in [1.29, 1.82) is 0 Å². The summed E-state index contributed by atoms with van der Waals surface area (Å²) in [7, 11) is 0. The normalized spacial score (nSPS) is 24.4. The minimum absolute atomic E-state index is 0.0295. The summed E-state index contributed by atoms with van der Waals surface area (Å²) >= 11 is 0. The van der Waals surface area contributed by atoms with E-state index >= 15 is 0 Å². The van der Waals surface area contributed by atoms with Crippen molar-refractivity contribution in [3.63, 3.8) is 0 Å². The molecule has 1 aliphatic heterocycles. The molecule has 1 fully saturated rings. The molecule has 0 saturated carbocycles. The van der Waals surface area contributed by atoms with Gasteiger partial charge in [0.25, 0.3) is 0 Å². The van der Waals surface area contributed by atoms with Gasteiger partial charge in [-0.05, 0) is 12.5 Å². The van der Waals surface area contributed by atoms with Crippen LogP contribution in [0, 0.1) is 11.8 Å². The average Bonchev–Trinajstić information content (AvgIpc) is 2.36. The van der Waals surface area contributed by atoms with Crippen LogP contribution in [0.4, 0.5) is 0 Å². The molecule has 0 aromatic heterocycles. The predicted molar refractivity (Wildman–Crippen MR) is 74.7 cm³/mol. The van der Waals surface area contributed by atoms with Gasteiger partial charge in [-0.15, -0.1) is 0 Å². The zero-order valence-corrected chi connectivity index (χ0v) is 11.6. The molecule has 19 heavy (non-hydrogen) atoms. The van der Waals surface area contributed by atoms with Crippen LogP contribution in [0.15, 0.2) is 30.3 Å². The molecule has 1 aromatic rings. The summed E-state index contributed by atoms with van der Waals surface area (Å²) in [4.78, 5) is 25.6. The quantitative estimate of drug-likeness (QED) is 0.832. The van der Waals surface area contributed by atoms with E-state index in [4.69, 9.17) is 0 Å². The van der Waals surface area contributed by atoms with E-state index < -0.39 is 0 Å². The SMILES string of the molecule is CC(=O)CC1CN(Cc2ccccc2)CC(C)C1=O. The maximum absolute atomic E-state index is 12.1. The fourth-order valence-corrected chi connectivity index (χ4v) is 2.84. The van der Waals surface area contributed by atoms with Crippen LogP contribution in [0.2, 0.25) is 0 Å². The van der Waals surface area contributed by atoms with E-state index in [0.29, 0.717) is 13.0 Å². The van der Waals surface area contributed by atoms with Crippen molar-refractivity contribution in [2.45, 2.75) is 26.8 Å². The molecule has 0 N–H and O–H groups in total. The Morgan fingerprint density at radius 1 is 1.26 bits per heavy atom. The predicted octanol–water partition coefficient (Wildman–Crippen LogP) is 2.30. The summed E-state index contributed by atoms with van der Waals surface area (Å²) < 4.78 is 0. The third-order valence-electron chi connectivity index (χ3n) is 3.68. The largest absolute Gasteiger partial charge is 0.300 e. The van der Waals surface area contributed by atoms with Gasteiger partial charge in [0, 0.05) is 37.9 Å². The summed E-state index contributed by atoms with van der Waals surface area (Å²) in [5.41, 5.74) is 1.26. The Bertz CT molecular complexity index is 455. The molecule has 102 valence electrons. The van der Waals surface area contributed by atoms with Crippen molar-refractivity contribution in [2.24, 2.45) is 11.8 Å². The highest BCUT2D eigenvalue weighted by Gasteiger charge is 2.33. The second-order valence-corrected chi connectivity index (χ2v) is 5.59. The van der Waals surface area contributed by atoms with E-state index in [0.717, 1.165) is 13.1 Å². The van der Waals surface area contributed by atoms with Gasteiger partial charge in [-0.3, -0.25) is 9.69 Å². The van der Waals surface area contributed by atoms with Crippen molar-refractivity contribution < 1.29 is 9.59 Å². The van der Waals surface area contributed by atoms with E-state index in [1.165, 1.54) is 5.56 Å².